The number of para-hydroxylation sites is 1. The van der Waals surface area contributed by atoms with Gasteiger partial charge in [0.2, 0.25) is 0 Å². The van der Waals surface area contributed by atoms with Crippen LogP contribution in [0.15, 0.2) is 65.8 Å². The van der Waals surface area contributed by atoms with Gasteiger partial charge >= 0.3 is 0 Å². The summed E-state index contributed by atoms with van der Waals surface area (Å²) in [7, 11) is 0. The Morgan fingerprint density at radius 1 is 1.11 bits per heavy atom. The number of aryl methyl sites for hydroxylation is 1. The minimum absolute atomic E-state index is 0.258. The van der Waals surface area contributed by atoms with Crippen LogP contribution in [0.3, 0.4) is 0 Å². The Morgan fingerprint density at radius 2 is 1.81 bits per heavy atom. The van der Waals surface area contributed by atoms with Crippen LogP contribution in [0.1, 0.15) is 34.2 Å². The second-order valence-electron chi connectivity index (χ2n) is 6.15. The van der Waals surface area contributed by atoms with E-state index in [1.165, 1.54) is 0 Å². The Morgan fingerprint density at radius 3 is 2.48 bits per heavy atom. The van der Waals surface area contributed by atoms with Gasteiger partial charge in [-0.1, -0.05) is 18.2 Å². The number of nitrogens with zero attached hydrogens (tertiary/aromatic N) is 2. The predicted octanol–water partition coefficient (Wildman–Crippen LogP) is 4.26. The molecule has 1 amide bonds. The fourth-order valence-electron chi connectivity index (χ4n) is 2.99. The lowest BCUT2D eigenvalue weighted by atomic mass is 10.2. The number of hydrogen-bond donors (Lipinski definition) is 1. The van der Waals surface area contributed by atoms with Crippen LogP contribution < -0.4 is 10.2 Å². The summed E-state index contributed by atoms with van der Waals surface area (Å²) in [6.45, 7) is 6.60. The molecule has 0 aliphatic rings. The van der Waals surface area contributed by atoms with E-state index in [4.69, 9.17) is 4.74 Å². The van der Waals surface area contributed by atoms with Crippen molar-refractivity contribution in [2.24, 2.45) is 5.10 Å². The normalized spacial score (nSPS) is 10.9. The van der Waals surface area contributed by atoms with Crippen molar-refractivity contribution in [2.45, 2.75) is 20.8 Å². The molecule has 0 radical (unpaired) electrons. The lowest BCUT2D eigenvalue weighted by molar-refractivity contribution is 0.0955. The first-order chi connectivity index (χ1) is 13.1. The third-order valence-electron chi connectivity index (χ3n) is 4.28. The average Bonchev–Trinajstić information content (AvgIpc) is 2.96. The number of hydrazone groups is 1. The van der Waals surface area contributed by atoms with E-state index >= 15 is 0 Å². The van der Waals surface area contributed by atoms with Gasteiger partial charge in [-0.2, -0.15) is 5.10 Å². The summed E-state index contributed by atoms with van der Waals surface area (Å²) in [5, 5.41) is 4.12. The molecule has 0 aliphatic heterocycles. The fraction of sp³-hybridized carbons (Fsp3) is 0.182. The second kappa shape index (κ2) is 8.36. The highest BCUT2D eigenvalue weighted by molar-refractivity contribution is 5.95. The first-order valence-corrected chi connectivity index (χ1v) is 8.90. The summed E-state index contributed by atoms with van der Waals surface area (Å²) in [6.07, 6.45) is 1.67. The molecule has 138 valence electrons. The van der Waals surface area contributed by atoms with Gasteiger partial charge in [-0.25, -0.2) is 5.43 Å². The molecule has 0 fully saturated rings. The van der Waals surface area contributed by atoms with Crippen LogP contribution in [0.25, 0.3) is 5.69 Å². The predicted molar refractivity (Wildman–Crippen MR) is 108 cm³/mol. The van der Waals surface area contributed by atoms with Crippen molar-refractivity contribution >= 4 is 12.1 Å². The molecule has 5 heteroatoms. The van der Waals surface area contributed by atoms with Crippen molar-refractivity contribution in [3.8, 4) is 11.4 Å². The molecule has 0 saturated carbocycles. The fourth-order valence-corrected chi connectivity index (χ4v) is 2.99. The molecule has 3 aromatic rings. The standard InChI is InChI=1S/C22H23N3O2/c1-4-27-21-12-10-18(11-13-21)22(26)24-23-15-19-14-16(2)25(17(19)3)20-8-6-5-7-9-20/h5-15H,4H2,1-3H3,(H,24,26)/b23-15+. The zero-order valence-corrected chi connectivity index (χ0v) is 15.8. The van der Waals surface area contributed by atoms with Crippen LogP contribution in [0.4, 0.5) is 0 Å². The summed E-state index contributed by atoms with van der Waals surface area (Å²) in [4.78, 5) is 12.2. The number of carbonyl (C=O) groups is 1. The topological polar surface area (TPSA) is 55.6 Å². The van der Waals surface area contributed by atoms with Gasteiger partial charge in [-0.05, 0) is 63.2 Å². The zero-order chi connectivity index (χ0) is 19.2. The number of carbonyl (C=O) groups excluding carboxylic acids is 1. The molecule has 0 aliphatic carbocycles. The molecule has 1 heterocycles. The van der Waals surface area contributed by atoms with E-state index in [0.717, 1.165) is 28.4 Å². The van der Waals surface area contributed by atoms with Crippen molar-refractivity contribution < 1.29 is 9.53 Å². The summed E-state index contributed by atoms with van der Waals surface area (Å²) < 4.78 is 7.54. The van der Waals surface area contributed by atoms with E-state index in [2.05, 4.69) is 40.2 Å². The van der Waals surface area contributed by atoms with Crippen LogP contribution in [-0.4, -0.2) is 23.3 Å². The van der Waals surface area contributed by atoms with Gasteiger partial charge in [0.05, 0.1) is 12.8 Å². The van der Waals surface area contributed by atoms with Gasteiger partial charge in [0.1, 0.15) is 5.75 Å². The number of amides is 1. The lowest BCUT2D eigenvalue weighted by Gasteiger charge is -2.09. The largest absolute Gasteiger partial charge is 0.494 e. The molecule has 0 saturated heterocycles. The molecular weight excluding hydrogens is 338 g/mol. The number of ether oxygens (including phenoxy) is 1. The summed E-state index contributed by atoms with van der Waals surface area (Å²) in [5.74, 6) is 0.483. The van der Waals surface area contributed by atoms with E-state index in [-0.39, 0.29) is 5.91 Å². The van der Waals surface area contributed by atoms with Crippen molar-refractivity contribution in [1.82, 2.24) is 9.99 Å². The molecule has 0 atom stereocenters. The SMILES string of the molecule is CCOc1ccc(C(=O)N/N=C/c2cc(C)n(-c3ccccc3)c2C)cc1. The molecule has 5 nitrogen and oxygen atoms in total. The van der Waals surface area contributed by atoms with Crippen LogP contribution in [0, 0.1) is 13.8 Å². The average molecular weight is 361 g/mol. The maximum Gasteiger partial charge on any atom is 0.271 e. The molecule has 1 aromatic heterocycles. The van der Waals surface area contributed by atoms with Gasteiger partial charge in [-0.15, -0.1) is 0 Å². The van der Waals surface area contributed by atoms with E-state index < -0.39 is 0 Å². The Kier molecular flexibility index (Phi) is 5.71. The zero-order valence-electron chi connectivity index (χ0n) is 15.8. The molecular formula is C22H23N3O2. The number of benzene rings is 2. The van der Waals surface area contributed by atoms with Gasteiger partial charge in [-0.3, -0.25) is 4.79 Å². The first-order valence-electron chi connectivity index (χ1n) is 8.90. The van der Waals surface area contributed by atoms with Crippen LogP contribution in [-0.2, 0) is 0 Å². The molecule has 2 aromatic carbocycles. The van der Waals surface area contributed by atoms with Crippen molar-refractivity contribution in [3.63, 3.8) is 0 Å². The van der Waals surface area contributed by atoms with Crippen molar-refractivity contribution in [3.05, 3.63) is 83.2 Å². The third-order valence-corrected chi connectivity index (χ3v) is 4.28. The van der Waals surface area contributed by atoms with Gasteiger partial charge in [0.15, 0.2) is 0 Å². The van der Waals surface area contributed by atoms with E-state index in [1.807, 2.05) is 32.0 Å². The monoisotopic (exact) mass is 361 g/mol. The Hall–Kier alpha value is -3.34. The van der Waals surface area contributed by atoms with Crippen LogP contribution >= 0.6 is 0 Å². The quantitative estimate of drug-likeness (QED) is 0.527. The third kappa shape index (κ3) is 4.26. The first kappa shape index (κ1) is 18.5. The van der Waals surface area contributed by atoms with E-state index in [9.17, 15) is 4.79 Å². The lowest BCUT2D eigenvalue weighted by Crippen LogP contribution is -2.17. The highest BCUT2D eigenvalue weighted by atomic mass is 16.5. The number of rotatable bonds is 6. The van der Waals surface area contributed by atoms with Crippen molar-refractivity contribution in [1.29, 1.82) is 0 Å². The van der Waals surface area contributed by atoms with Crippen LogP contribution in [0.5, 0.6) is 5.75 Å². The molecule has 0 unspecified atom stereocenters. The smallest absolute Gasteiger partial charge is 0.271 e. The number of aromatic nitrogens is 1. The summed E-state index contributed by atoms with van der Waals surface area (Å²) in [6, 6.07) is 19.2. The molecule has 3 rings (SSSR count). The maximum absolute atomic E-state index is 12.2. The Bertz CT molecular complexity index is 942. The maximum atomic E-state index is 12.2. The molecule has 0 spiro atoms. The van der Waals surface area contributed by atoms with Gasteiger partial charge in [0.25, 0.3) is 5.91 Å². The molecule has 27 heavy (non-hydrogen) atoms. The van der Waals surface area contributed by atoms with E-state index in [0.29, 0.717) is 12.2 Å². The summed E-state index contributed by atoms with van der Waals surface area (Å²) >= 11 is 0. The van der Waals surface area contributed by atoms with Crippen LogP contribution in [0.2, 0.25) is 0 Å². The molecule has 1 N–H and O–H groups in total. The Balaban J connectivity index is 1.70. The van der Waals surface area contributed by atoms with E-state index in [1.54, 1.807) is 30.5 Å². The second-order valence-corrected chi connectivity index (χ2v) is 6.15. The number of hydrogen-bond acceptors (Lipinski definition) is 3. The molecule has 0 bridgehead atoms. The minimum Gasteiger partial charge on any atom is -0.494 e. The minimum atomic E-state index is -0.258. The van der Waals surface area contributed by atoms with Gasteiger partial charge in [0, 0.05) is 28.2 Å². The van der Waals surface area contributed by atoms with Crippen molar-refractivity contribution in [2.75, 3.05) is 6.61 Å². The number of nitrogens with one attached hydrogen (secondary N) is 1. The Labute approximate surface area is 159 Å². The highest BCUT2D eigenvalue weighted by Crippen LogP contribution is 2.19. The van der Waals surface area contributed by atoms with Gasteiger partial charge < -0.3 is 9.30 Å². The highest BCUT2D eigenvalue weighted by Gasteiger charge is 2.09. The summed E-state index contributed by atoms with van der Waals surface area (Å²) in [5.41, 5.74) is 7.35.